The predicted molar refractivity (Wildman–Crippen MR) is 132 cm³/mol. The van der Waals surface area contributed by atoms with Crippen molar-refractivity contribution in [3.05, 3.63) is 71.4 Å². The Labute approximate surface area is 194 Å². The van der Waals surface area contributed by atoms with Crippen molar-refractivity contribution in [2.75, 3.05) is 27.2 Å². The van der Waals surface area contributed by atoms with Gasteiger partial charge in [0.25, 0.3) is 5.91 Å². The molecule has 172 valence electrons. The molecule has 6 heteroatoms. The van der Waals surface area contributed by atoms with E-state index < -0.39 is 5.54 Å². The first kappa shape index (κ1) is 22.8. The van der Waals surface area contributed by atoms with Crippen molar-refractivity contribution in [2.24, 2.45) is 0 Å². The zero-order chi connectivity index (χ0) is 23.6. The summed E-state index contributed by atoms with van der Waals surface area (Å²) in [6.45, 7) is 8.31. The second-order valence-electron chi connectivity index (χ2n) is 8.87. The fraction of sp³-hybridized carbons (Fsp3) is 0.333. The molecule has 0 radical (unpaired) electrons. The number of aromatic hydroxyl groups is 1. The molecular weight excluding hydrogens is 414 g/mol. The molecular formula is C27H31N3O3. The fourth-order valence-electron chi connectivity index (χ4n) is 4.14. The van der Waals surface area contributed by atoms with Crippen molar-refractivity contribution < 1.29 is 14.6 Å². The maximum Gasteiger partial charge on any atom is 0.252 e. The van der Waals surface area contributed by atoms with Gasteiger partial charge in [0, 0.05) is 17.1 Å². The quantitative estimate of drug-likeness (QED) is 0.598. The van der Waals surface area contributed by atoms with E-state index in [2.05, 4.69) is 34.9 Å². The average molecular weight is 446 g/mol. The lowest BCUT2D eigenvalue weighted by Crippen LogP contribution is -2.35. The van der Waals surface area contributed by atoms with Gasteiger partial charge in [-0.1, -0.05) is 18.7 Å². The number of pyridine rings is 1. The SMILES string of the molecule is C=Cc1cc(C2(NC(=O)c3cc(OC)c(O)cc3C)CC2)c2cccnc2c1.CN1CCC1. The van der Waals surface area contributed by atoms with Crippen molar-refractivity contribution in [1.82, 2.24) is 15.2 Å². The highest BCUT2D eigenvalue weighted by Gasteiger charge is 2.47. The molecule has 3 aromatic rings. The second kappa shape index (κ2) is 9.24. The van der Waals surface area contributed by atoms with Gasteiger partial charge in [-0.2, -0.15) is 0 Å². The van der Waals surface area contributed by atoms with Gasteiger partial charge in [-0.25, -0.2) is 0 Å². The molecule has 1 saturated heterocycles. The van der Waals surface area contributed by atoms with Gasteiger partial charge in [-0.05, 0) is 93.3 Å². The highest BCUT2D eigenvalue weighted by Crippen LogP contribution is 2.48. The van der Waals surface area contributed by atoms with Crippen LogP contribution in [-0.2, 0) is 5.54 Å². The highest BCUT2D eigenvalue weighted by molar-refractivity contribution is 5.98. The van der Waals surface area contributed by atoms with Gasteiger partial charge >= 0.3 is 0 Å². The van der Waals surface area contributed by atoms with Crippen molar-refractivity contribution in [3.63, 3.8) is 0 Å². The van der Waals surface area contributed by atoms with Crippen LogP contribution in [0, 0.1) is 6.92 Å². The molecule has 2 aromatic carbocycles. The van der Waals surface area contributed by atoms with E-state index in [-0.39, 0.29) is 17.4 Å². The number of benzene rings is 2. The smallest absolute Gasteiger partial charge is 0.252 e. The monoisotopic (exact) mass is 445 g/mol. The molecule has 1 aromatic heterocycles. The Hall–Kier alpha value is -3.38. The van der Waals surface area contributed by atoms with Gasteiger partial charge in [0.2, 0.25) is 0 Å². The van der Waals surface area contributed by atoms with Crippen molar-refractivity contribution in [3.8, 4) is 11.5 Å². The molecule has 33 heavy (non-hydrogen) atoms. The number of ether oxygens (including phenoxy) is 1. The Morgan fingerprint density at radius 3 is 2.58 bits per heavy atom. The molecule has 0 bridgehead atoms. The van der Waals surface area contributed by atoms with E-state index in [0.717, 1.165) is 34.9 Å². The second-order valence-corrected chi connectivity index (χ2v) is 8.87. The van der Waals surface area contributed by atoms with Gasteiger partial charge in [-0.3, -0.25) is 9.78 Å². The number of methoxy groups -OCH3 is 1. The third-order valence-corrected chi connectivity index (χ3v) is 6.45. The van der Waals surface area contributed by atoms with Crippen LogP contribution in [0.5, 0.6) is 11.5 Å². The summed E-state index contributed by atoms with van der Waals surface area (Å²) in [6, 6.07) is 11.1. The lowest BCUT2D eigenvalue weighted by atomic mass is 9.95. The van der Waals surface area contributed by atoms with Crippen LogP contribution in [0.2, 0.25) is 0 Å². The van der Waals surface area contributed by atoms with E-state index in [1.807, 2.05) is 18.2 Å². The van der Waals surface area contributed by atoms with E-state index in [1.165, 1.54) is 26.6 Å². The Morgan fingerprint density at radius 1 is 1.27 bits per heavy atom. The lowest BCUT2D eigenvalue weighted by molar-refractivity contribution is 0.0930. The number of carbonyl (C=O) groups is 1. The van der Waals surface area contributed by atoms with Gasteiger partial charge in [0.1, 0.15) is 0 Å². The molecule has 1 aliphatic carbocycles. The number of fused-ring (bicyclic) bond motifs is 1. The number of carbonyl (C=O) groups excluding carboxylic acids is 1. The normalized spacial score (nSPS) is 16.2. The summed E-state index contributed by atoms with van der Waals surface area (Å²) in [6.07, 6.45) is 6.69. The van der Waals surface area contributed by atoms with E-state index >= 15 is 0 Å². The minimum absolute atomic E-state index is 0.0217. The number of likely N-dealkylation sites (tertiary alicyclic amines) is 1. The fourth-order valence-corrected chi connectivity index (χ4v) is 4.14. The van der Waals surface area contributed by atoms with Crippen molar-refractivity contribution in [2.45, 2.75) is 31.7 Å². The first-order valence-electron chi connectivity index (χ1n) is 11.3. The predicted octanol–water partition coefficient (Wildman–Crippen LogP) is 4.64. The largest absolute Gasteiger partial charge is 0.504 e. The summed E-state index contributed by atoms with van der Waals surface area (Å²) in [7, 11) is 3.61. The standard InChI is InChI=1S/C23H22N2O3.C4H9N/c1-4-15-11-18(16-6-5-9-24-19(16)12-15)23(7-8-23)25-22(27)17-13-21(28-3)20(26)10-14(17)2;1-5-3-2-4-5/h4-6,9-13,26H,1,7-8H2,2-3H3,(H,25,27);2-4H2,1H3. The Balaban J connectivity index is 0.000000459. The summed E-state index contributed by atoms with van der Waals surface area (Å²) in [4.78, 5) is 19.9. The third kappa shape index (κ3) is 4.71. The molecule has 6 nitrogen and oxygen atoms in total. The number of rotatable bonds is 5. The number of nitrogens with zero attached hydrogens (tertiary/aromatic N) is 2. The van der Waals surface area contributed by atoms with Crippen LogP contribution in [0.15, 0.2) is 49.2 Å². The molecule has 1 amide bonds. The molecule has 0 atom stereocenters. The summed E-state index contributed by atoms with van der Waals surface area (Å²) in [5.41, 5.74) is 3.68. The minimum atomic E-state index is -0.422. The Kier molecular flexibility index (Phi) is 6.38. The molecule has 0 spiro atoms. The molecule has 1 aliphatic heterocycles. The van der Waals surface area contributed by atoms with E-state index in [4.69, 9.17) is 4.74 Å². The zero-order valence-corrected chi connectivity index (χ0v) is 19.5. The number of hydrogen-bond donors (Lipinski definition) is 2. The molecule has 2 fully saturated rings. The van der Waals surface area contributed by atoms with Crippen LogP contribution in [0.3, 0.4) is 0 Å². The van der Waals surface area contributed by atoms with E-state index in [9.17, 15) is 9.90 Å². The number of amides is 1. The summed E-state index contributed by atoms with van der Waals surface area (Å²) in [5, 5.41) is 14.2. The number of phenols is 1. The number of hydrogen-bond acceptors (Lipinski definition) is 5. The highest BCUT2D eigenvalue weighted by atomic mass is 16.5. The van der Waals surface area contributed by atoms with Gasteiger partial charge < -0.3 is 20.1 Å². The number of phenolic OH excluding ortho intramolecular Hbond substituents is 1. The molecule has 5 rings (SSSR count). The Morgan fingerprint density at radius 2 is 2.00 bits per heavy atom. The number of nitrogens with one attached hydrogen (secondary N) is 1. The average Bonchev–Trinajstić information content (AvgIpc) is 3.57. The van der Waals surface area contributed by atoms with Crippen LogP contribution in [-0.4, -0.2) is 48.1 Å². The Bertz CT molecular complexity index is 1200. The van der Waals surface area contributed by atoms with Crippen LogP contribution in [0.25, 0.3) is 17.0 Å². The molecule has 2 N–H and O–H groups in total. The summed E-state index contributed by atoms with van der Waals surface area (Å²) >= 11 is 0. The van der Waals surface area contributed by atoms with Crippen molar-refractivity contribution in [1.29, 1.82) is 0 Å². The topological polar surface area (TPSA) is 74.7 Å². The third-order valence-electron chi connectivity index (χ3n) is 6.45. The van der Waals surface area contributed by atoms with Gasteiger partial charge in [-0.15, -0.1) is 0 Å². The van der Waals surface area contributed by atoms with Crippen molar-refractivity contribution >= 4 is 22.9 Å². The summed E-state index contributed by atoms with van der Waals surface area (Å²) < 4.78 is 5.16. The maximum atomic E-state index is 13.1. The zero-order valence-electron chi connectivity index (χ0n) is 19.5. The van der Waals surface area contributed by atoms with Crippen LogP contribution < -0.4 is 10.1 Å². The first-order valence-corrected chi connectivity index (χ1v) is 11.3. The molecule has 0 unspecified atom stereocenters. The minimum Gasteiger partial charge on any atom is -0.504 e. The number of aryl methyl sites for hydroxylation is 1. The maximum absolute atomic E-state index is 13.1. The van der Waals surface area contributed by atoms with Gasteiger partial charge in [0.15, 0.2) is 11.5 Å². The van der Waals surface area contributed by atoms with E-state index in [0.29, 0.717) is 11.1 Å². The summed E-state index contributed by atoms with van der Waals surface area (Å²) in [5.74, 6) is 0.117. The first-order chi connectivity index (χ1) is 15.9. The molecule has 1 saturated carbocycles. The number of aromatic nitrogens is 1. The van der Waals surface area contributed by atoms with Gasteiger partial charge in [0.05, 0.1) is 18.2 Å². The van der Waals surface area contributed by atoms with E-state index in [1.54, 1.807) is 31.3 Å². The molecule has 2 aliphatic rings. The van der Waals surface area contributed by atoms with Crippen LogP contribution in [0.4, 0.5) is 0 Å². The van der Waals surface area contributed by atoms with Crippen LogP contribution >= 0.6 is 0 Å². The molecule has 2 heterocycles. The van der Waals surface area contributed by atoms with Crippen LogP contribution in [0.1, 0.15) is 46.3 Å². The lowest BCUT2D eigenvalue weighted by Gasteiger charge is -2.24.